The highest BCUT2D eigenvalue weighted by Crippen LogP contribution is 2.22. The predicted octanol–water partition coefficient (Wildman–Crippen LogP) is 2.52. The van der Waals surface area contributed by atoms with E-state index in [1.54, 1.807) is 4.90 Å². The molecule has 2 aromatic rings. The molecule has 0 aliphatic heterocycles. The number of carbonyl (C=O) groups excluding carboxylic acids is 1. The van der Waals surface area contributed by atoms with E-state index in [1.165, 1.54) is 12.3 Å². The molecule has 1 heterocycles. The number of nitrogens with zero attached hydrogens (tertiary/aromatic N) is 2. The van der Waals surface area contributed by atoms with Gasteiger partial charge in [-0.2, -0.15) is 0 Å². The first-order valence-corrected chi connectivity index (χ1v) is 6.82. The van der Waals surface area contributed by atoms with Gasteiger partial charge in [-0.15, -0.1) is 0 Å². The van der Waals surface area contributed by atoms with Crippen molar-refractivity contribution in [2.75, 3.05) is 18.0 Å². The van der Waals surface area contributed by atoms with Crippen LogP contribution in [0.5, 0.6) is 0 Å². The summed E-state index contributed by atoms with van der Waals surface area (Å²) < 4.78 is 13.8. The van der Waals surface area contributed by atoms with Crippen LogP contribution in [0, 0.1) is 12.7 Å². The topological polar surface area (TPSA) is 59.2 Å². The Morgan fingerprint density at radius 2 is 2.10 bits per heavy atom. The first kappa shape index (κ1) is 15.1. The molecule has 0 atom stereocenters. The number of hydrogen-bond acceptors (Lipinski definition) is 3. The Morgan fingerprint density at radius 1 is 1.33 bits per heavy atom. The third-order valence-electron chi connectivity index (χ3n) is 3.24. The summed E-state index contributed by atoms with van der Waals surface area (Å²) in [5.41, 5.74) is 7.28. The second-order valence-electron chi connectivity index (χ2n) is 4.74. The zero-order valence-electron chi connectivity index (χ0n) is 11.9. The van der Waals surface area contributed by atoms with Gasteiger partial charge in [0.15, 0.2) is 5.82 Å². The third-order valence-corrected chi connectivity index (χ3v) is 3.24. The molecule has 5 heteroatoms. The van der Waals surface area contributed by atoms with E-state index in [1.807, 2.05) is 31.2 Å². The fraction of sp³-hybridized carbons (Fsp3) is 0.250. The molecule has 0 aliphatic rings. The molecule has 21 heavy (non-hydrogen) atoms. The van der Waals surface area contributed by atoms with E-state index in [4.69, 9.17) is 5.73 Å². The minimum absolute atomic E-state index is 0.0188. The Labute approximate surface area is 123 Å². The maximum Gasteiger partial charge on any atom is 0.261 e. The van der Waals surface area contributed by atoms with Gasteiger partial charge in [0.25, 0.3) is 5.91 Å². The summed E-state index contributed by atoms with van der Waals surface area (Å²) in [6, 6.07) is 8.92. The number of carbonyl (C=O) groups is 1. The Hall–Kier alpha value is -2.27. The van der Waals surface area contributed by atoms with Crippen LogP contribution < -0.4 is 10.6 Å². The zero-order chi connectivity index (χ0) is 15.2. The lowest BCUT2D eigenvalue weighted by molar-refractivity contribution is 0.0982. The van der Waals surface area contributed by atoms with Crippen molar-refractivity contribution >= 4 is 11.6 Å². The standard InChI is InChI=1S/C16H18FN3O/c1-12-5-2-3-6-15(12)20(10-4-8-18)16(21)13-7-9-19-11-14(13)17/h2-3,5-7,9,11H,4,8,10,18H2,1H3. The monoisotopic (exact) mass is 287 g/mol. The first-order chi connectivity index (χ1) is 10.1. The number of amides is 1. The average molecular weight is 287 g/mol. The highest BCUT2D eigenvalue weighted by atomic mass is 19.1. The Morgan fingerprint density at radius 3 is 2.76 bits per heavy atom. The van der Waals surface area contributed by atoms with Crippen LogP contribution in [0.4, 0.5) is 10.1 Å². The molecule has 0 saturated carbocycles. The number of aryl methyl sites for hydroxylation is 1. The lowest BCUT2D eigenvalue weighted by Crippen LogP contribution is -2.34. The molecular weight excluding hydrogens is 269 g/mol. The summed E-state index contributed by atoms with van der Waals surface area (Å²) in [7, 11) is 0. The van der Waals surface area contributed by atoms with Crippen molar-refractivity contribution in [3.8, 4) is 0 Å². The van der Waals surface area contributed by atoms with Gasteiger partial charge in [-0.1, -0.05) is 18.2 Å². The van der Waals surface area contributed by atoms with Crippen molar-refractivity contribution in [3.63, 3.8) is 0 Å². The van der Waals surface area contributed by atoms with Gasteiger partial charge in [0.2, 0.25) is 0 Å². The summed E-state index contributed by atoms with van der Waals surface area (Å²) in [6.07, 6.45) is 3.11. The van der Waals surface area contributed by atoms with Crippen LogP contribution in [0.3, 0.4) is 0 Å². The smallest absolute Gasteiger partial charge is 0.261 e. The van der Waals surface area contributed by atoms with Crippen LogP contribution in [0.1, 0.15) is 22.3 Å². The molecule has 0 aliphatic carbocycles. The summed E-state index contributed by atoms with van der Waals surface area (Å²) in [4.78, 5) is 17.9. The van der Waals surface area contributed by atoms with Crippen LogP contribution in [0.2, 0.25) is 0 Å². The first-order valence-electron chi connectivity index (χ1n) is 6.82. The molecular formula is C16H18FN3O. The number of aromatic nitrogens is 1. The number of halogens is 1. The SMILES string of the molecule is Cc1ccccc1N(CCCN)C(=O)c1ccncc1F. The van der Waals surface area contributed by atoms with Gasteiger partial charge < -0.3 is 10.6 Å². The number of anilines is 1. The number of hydrogen-bond donors (Lipinski definition) is 1. The van der Waals surface area contributed by atoms with E-state index in [-0.39, 0.29) is 11.5 Å². The van der Waals surface area contributed by atoms with E-state index < -0.39 is 5.82 Å². The van der Waals surface area contributed by atoms with Crippen molar-refractivity contribution in [3.05, 3.63) is 59.7 Å². The van der Waals surface area contributed by atoms with Crippen molar-refractivity contribution in [1.29, 1.82) is 0 Å². The fourth-order valence-corrected chi connectivity index (χ4v) is 2.14. The molecule has 0 unspecified atom stereocenters. The van der Waals surface area contributed by atoms with Crippen LogP contribution >= 0.6 is 0 Å². The molecule has 0 bridgehead atoms. The van der Waals surface area contributed by atoms with Gasteiger partial charge in [-0.3, -0.25) is 9.78 Å². The van der Waals surface area contributed by atoms with Crippen molar-refractivity contribution in [2.45, 2.75) is 13.3 Å². The Balaban J connectivity index is 2.39. The number of pyridine rings is 1. The molecule has 0 fully saturated rings. The van der Waals surface area contributed by atoms with Gasteiger partial charge >= 0.3 is 0 Å². The Kier molecular flexibility index (Phi) is 5.00. The van der Waals surface area contributed by atoms with Gasteiger partial charge in [0, 0.05) is 18.4 Å². The van der Waals surface area contributed by atoms with Gasteiger partial charge in [-0.05, 0) is 37.6 Å². The molecule has 4 nitrogen and oxygen atoms in total. The average Bonchev–Trinajstić information content (AvgIpc) is 2.49. The summed E-state index contributed by atoms with van der Waals surface area (Å²) >= 11 is 0. The minimum atomic E-state index is -0.617. The summed E-state index contributed by atoms with van der Waals surface area (Å²) in [5, 5.41) is 0. The van der Waals surface area contributed by atoms with Crippen molar-refractivity contribution in [1.82, 2.24) is 4.98 Å². The van der Waals surface area contributed by atoms with Crippen LogP contribution in [0.15, 0.2) is 42.7 Å². The molecule has 1 aromatic heterocycles. The number of nitrogens with two attached hydrogens (primary N) is 1. The molecule has 1 amide bonds. The van der Waals surface area contributed by atoms with E-state index >= 15 is 0 Å². The van der Waals surface area contributed by atoms with Crippen LogP contribution in [-0.2, 0) is 0 Å². The Bertz CT molecular complexity index is 630. The summed E-state index contributed by atoms with van der Waals surface area (Å²) in [5.74, 6) is -0.994. The molecule has 1 aromatic carbocycles. The summed E-state index contributed by atoms with van der Waals surface area (Å²) in [6.45, 7) is 2.83. The maximum atomic E-state index is 13.8. The second-order valence-corrected chi connectivity index (χ2v) is 4.74. The van der Waals surface area contributed by atoms with Crippen molar-refractivity contribution < 1.29 is 9.18 Å². The number of benzene rings is 1. The number of para-hydroxylation sites is 1. The van der Waals surface area contributed by atoms with Gasteiger partial charge in [0.05, 0.1) is 11.8 Å². The fourth-order valence-electron chi connectivity index (χ4n) is 2.14. The van der Waals surface area contributed by atoms with E-state index in [0.29, 0.717) is 19.5 Å². The normalized spacial score (nSPS) is 10.4. The lowest BCUT2D eigenvalue weighted by atomic mass is 10.1. The molecule has 110 valence electrons. The molecule has 2 N–H and O–H groups in total. The van der Waals surface area contributed by atoms with Gasteiger partial charge in [0.1, 0.15) is 0 Å². The molecule has 0 saturated heterocycles. The highest BCUT2D eigenvalue weighted by molar-refractivity contribution is 6.06. The highest BCUT2D eigenvalue weighted by Gasteiger charge is 2.21. The minimum Gasteiger partial charge on any atom is -0.330 e. The van der Waals surface area contributed by atoms with Crippen LogP contribution in [-0.4, -0.2) is 24.0 Å². The van der Waals surface area contributed by atoms with E-state index in [0.717, 1.165) is 17.4 Å². The van der Waals surface area contributed by atoms with Crippen LogP contribution in [0.25, 0.3) is 0 Å². The molecule has 0 radical (unpaired) electrons. The number of rotatable bonds is 5. The quantitative estimate of drug-likeness (QED) is 0.919. The molecule has 2 rings (SSSR count). The second kappa shape index (κ2) is 6.95. The van der Waals surface area contributed by atoms with Gasteiger partial charge in [-0.25, -0.2) is 4.39 Å². The molecule has 0 spiro atoms. The predicted molar refractivity (Wildman–Crippen MR) is 80.7 cm³/mol. The largest absolute Gasteiger partial charge is 0.330 e. The van der Waals surface area contributed by atoms with E-state index in [2.05, 4.69) is 4.98 Å². The maximum absolute atomic E-state index is 13.8. The van der Waals surface area contributed by atoms with E-state index in [9.17, 15) is 9.18 Å². The van der Waals surface area contributed by atoms with Crippen molar-refractivity contribution in [2.24, 2.45) is 5.73 Å². The third kappa shape index (κ3) is 3.44. The zero-order valence-corrected chi connectivity index (χ0v) is 11.9. The lowest BCUT2D eigenvalue weighted by Gasteiger charge is -2.24.